The summed E-state index contributed by atoms with van der Waals surface area (Å²) in [5, 5.41) is -3.73. The molecule has 128 valence electrons. The van der Waals surface area contributed by atoms with E-state index < -0.39 is 46.6 Å². The molecule has 0 aromatic carbocycles. The smallest absolute Gasteiger partial charge is 0.246 e. The minimum atomic E-state index is -10.1. The Morgan fingerprint density at radius 3 is 1.52 bits per heavy atom. The van der Waals surface area contributed by atoms with Crippen molar-refractivity contribution in [1.29, 1.82) is 0 Å². The Morgan fingerprint density at radius 2 is 1.14 bits per heavy atom. The monoisotopic (exact) mass is 342 g/mol. The van der Waals surface area contributed by atoms with Crippen LogP contribution in [0.25, 0.3) is 0 Å². The predicted octanol–water partition coefficient (Wildman–Crippen LogP) is 6.57. The van der Waals surface area contributed by atoms with Crippen LogP contribution in [0.15, 0.2) is 0 Å². The van der Waals surface area contributed by atoms with Crippen molar-refractivity contribution >= 4 is 10.2 Å². The maximum Gasteiger partial charge on any atom is 0.293 e. The summed E-state index contributed by atoms with van der Waals surface area (Å²) in [6.45, 7) is 2.05. The molecule has 0 N–H and O–H groups in total. The van der Waals surface area contributed by atoms with Crippen LogP contribution in [0.5, 0.6) is 0 Å². The molecule has 0 aromatic rings. The summed E-state index contributed by atoms with van der Waals surface area (Å²) >= 11 is 0. The van der Waals surface area contributed by atoms with Crippen molar-refractivity contribution in [1.82, 2.24) is 0 Å². The van der Waals surface area contributed by atoms with E-state index in [1.165, 1.54) is 0 Å². The lowest BCUT2D eigenvalue weighted by Crippen LogP contribution is -2.48. The van der Waals surface area contributed by atoms with E-state index in [0.29, 0.717) is 18.8 Å². The van der Waals surface area contributed by atoms with Gasteiger partial charge < -0.3 is 0 Å². The highest BCUT2D eigenvalue weighted by molar-refractivity contribution is 8.46. The SMILES string of the molecule is CC1CCC(C2CC(F)C(S(F)(F)(F)(F)F)C(F)C2)CC1. The quantitative estimate of drug-likeness (QED) is 0.498. The normalized spacial score (nSPS) is 45.7. The van der Waals surface area contributed by atoms with Crippen LogP contribution in [0.4, 0.5) is 28.2 Å². The van der Waals surface area contributed by atoms with Gasteiger partial charge in [-0.05, 0) is 43.4 Å². The Kier molecular flexibility index (Phi) is 3.84. The van der Waals surface area contributed by atoms with E-state index in [1.807, 2.05) is 0 Å². The average Bonchev–Trinajstić information content (AvgIpc) is 2.24. The van der Waals surface area contributed by atoms with Crippen LogP contribution in [-0.4, -0.2) is 17.6 Å². The number of hydrogen-bond acceptors (Lipinski definition) is 0. The fourth-order valence-electron chi connectivity index (χ4n) is 3.87. The lowest BCUT2D eigenvalue weighted by Gasteiger charge is -2.52. The summed E-state index contributed by atoms with van der Waals surface area (Å²) in [6.07, 6.45) is -3.70. The molecule has 2 aliphatic rings. The molecule has 0 aromatic heterocycles. The maximum absolute atomic E-state index is 13.8. The summed E-state index contributed by atoms with van der Waals surface area (Å²) in [5.74, 6) is -0.0968. The topological polar surface area (TPSA) is 0 Å². The van der Waals surface area contributed by atoms with Crippen molar-refractivity contribution in [2.75, 3.05) is 0 Å². The number of alkyl halides is 2. The molecule has 0 radical (unpaired) electrons. The van der Waals surface area contributed by atoms with Crippen molar-refractivity contribution in [3.05, 3.63) is 0 Å². The molecule has 2 atom stereocenters. The number of hydrogen-bond donors (Lipinski definition) is 0. The van der Waals surface area contributed by atoms with Crippen molar-refractivity contribution in [2.45, 2.75) is 63.0 Å². The average molecular weight is 342 g/mol. The van der Waals surface area contributed by atoms with Crippen LogP contribution in [-0.2, 0) is 0 Å². The largest absolute Gasteiger partial charge is 0.293 e. The molecule has 2 saturated carbocycles. The standard InChI is InChI=1S/C13H21F7S/c1-8-2-4-9(5-3-8)10-6-11(14)13(12(15)7-10)21(16,17,18,19)20/h8-13H,2-7H2,1H3. The van der Waals surface area contributed by atoms with Gasteiger partial charge in [0.05, 0.1) is 0 Å². The highest BCUT2D eigenvalue weighted by atomic mass is 32.5. The number of halogens is 7. The minimum absolute atomic E-state index is 0.0443. The lowest BCUT2D eigenvalue weighted by molar-refractivity contribution is 0.0593. The van der Waals surface area contributed by atoms with Crippen LogP contribution < -0.4 is 0 Å². The Labute approximate surface area is 120 Å². The molecule has 0 saturated heterocycles. The van der Waals surface area contributed by atoms with Gasteiger partial charge in [-0.15, -0.1) is 0 Å². The Morgan fingerprint density at radius 1 is 0.714 bits per heavy atom. The molecule has 0 amide bonds. The van der Waals surface area contributed by atoms with E-state index in [9.17, 15) is 28.2 Å². The van der Waals surface area contributed by atoms with Crippen molar-refractivity contribution in [3.63, 3.8) is 0 Å². The second-order valence-electron chi connectivity index (χ2n) is 6.78. The molecule has 0 spiro atoms. The third kappa shape index (κ3) is 3.99. The van der Waals surface area contributed by atoms with Gasteiger partial charge in [-0.1, -0.05) is 39.2 Å². The number of rotatable bonds is 2. The molecule has 2 unspecified atom stereocenters. The third-order valence-electron chi connectivity index (χ3n) is 5.01. The van der Waals surface area contributed by atoms with Crippen molar-refractivity contribution in [2.24, 2.45) is 17.8 Å². The first-order valence-electron chi connectivity index (χ1n) is 7.29. The molecule has 0 nitrogen and oxygen atoms in total. The molecule has 0 bridgehead atoms. The van der Waals surface area contributed by atoms with Crippen LogP contribution in [0.3, 0.4) is 0 Å². The Hall–Kier alpha value is -0.140. The lowest BCUT2D eigenvalue weighted by atomic mass is 9.70. The molecule has 8 heteroatoms. The van der Waals surface area contributed by atoms with Gasteiger partial charge in [-0.2, -0.15) is 0 Å². The first-order chi connectivity index (χ1) is 9.27. The first kappa shape index (κ1) is 17.2. The summed E-state index contributed by atoms with van der Waals surface area (Å²) < 4.78 is 91.2. The van der Waals surface area contributed by atoms with E-state index in [-0.39, 0.29) is 5.92 Å². The van der Waals surface area contributed by atoms with Gasteiger partial charge in [0.2, 0.25) is 0 Å². The van der Waals surface area contributed by atoms with E-state index >= 15 is 0 Å². The molecular weight excluding hydrogens is 321 g/mol. The summed E-state index contributed by atoms with van der Waals surface area (Å²) in [7, 11) is -10.1. The van der Waals surface area contributed by atoms with Crippen molar-refractivity contribution < 1.29 is 28.2 Å². The van der Waals surface area contributed by atoms with E-state index in [4.69, 9.17) is 0 Å². The first-order valence-corrected chi connectivity index (χ1v) is 9.30. The molecule has 2 fully saturated rings. The molecular formula is C13H21F7S. The van der Waals surface area contributed by atoms with Crippen LogP contribution >= 0.6 is 10.2 Å². The second-order valence-corrected chi connectivity index (χ2v) is 9.38. The highest BCUT2D eigenvalue weighted by Crippen LogP contribution is 3.01. The van der Waals surface area contributed by atoms with E-state index in [0.717, 1.165) is 12.8 Å². The second kappa shape index (κ2) is 4.68. The molecule has 0 heterocycles. The third-order valence-corrected chi connectivity index (χ3v) is 6.63. The zero-order chi connectivity index (χ0) is 16.1. The van der Waals surface area contributed by atoms with E-state index in [1.54, 1.807) is 0 Å². The molecule has 0 aliphatic heterocycles. The Balaban J connectivity index is 2.10. The summed E-state index contributed by atoms with van der Waals surface area (Å²) in [5.41, 5.74) is 0. The fourth-order valence-corrected chi connectivity index (χ4v) is 5.21. The molecule has 2 rings (SSSR count). The van der Waals surface area contributed by atoms with Crippen LogP contribution in [0.1, 0.15) is 45.4 Å². The summed E-state index contributed by atoms with van der Waals surface area (Å²) in [4.78, 5) is 0. The highest BCUT2D eigenvalue weighted by Gasteiger charge is 2.75. The van der Waals surface area contributed by atoms with Gasteiger partial charge >= 0.3 is 0 Å². The summed E-state index contributed by atoms with van der Waals surface area (Å²) in [6, 6.07) is 0. The van der Waals surface area contributed by atoms with Gasteiger partial charge in [0.1, 0.15) is 12.3 Å². The van der Waals surface area contributed by atoms with Gasteiger partial charge in [0.15, 0.2) is 5.25 Å². The molecule has 21 heavy (non-hydrogen) atoms. The van der Waals surface area contributed by atoms with Gasteiger partial charge in [0, 0.05) is 0 Å². The van der Waals surface area contributed by atoms with Gasteiger partial charge in [-0.3, -0.25) is 0 Å². The van der Waals surface area contributed by atoms with Crippen molar-refractivity contribution in [3.8, 4) is 0 Å². The van der Waals surface area contributed by atoms with Gasteiger partial charge in [-0.25, -0.2) is 8.78 Å². The predicted molar refractivity (Wildman–Crippen MR) is 70.6 cm³/mol. The fraction of sp³-hybridized carbons (Fsp3) is 1.00. The van der Waals surface area contributed by atoms with Crippen LogP contribution in [0.2, 0.25) is 0 Å². The molecule has 2 aliphatic carbocycles. The zero-order valence-electron chi connectivity index (χ0n) is 11.8. The Bertz CT molecular complexity index is 372. The minimum Gasteiger partial charge on any atom is -0.246 e. The zero-order valence-corrected chi connectivity index (χ0v) is 12.6. The van der Waals surface area contributed by atoms with E-state index in [2.05, 4.69) is 6.92 Å². The maximum atomic E-state index is 13.8. The van der Waals surface area contributed by atoms with Gasteiger partial charge in [0.25, 0.3) is 10.2 Å². The van der Waals surface area contributed by atoms with Crippen LogP contribution in [0, 0.1) is 17.8 Å².